The van der Waals surface area contributed by atoms with Crippen molar-refractivity contribution in [2.24, 2.45) is 0 Å². The maximum absolute atomic E-state index is 12.0. The molecule has 1 saturated carbocycles. The van der Waals surface area contributed by atoms with Crippen molar-refractivity contribution in [2.45, 2.75) is 43.9 Å². The monoisotopic (exact) mass is 307 g/mol. The molecule has 1 aromatic rings. The van der Waals surface area contributed by atoms with E-state index in [9.17, 15) is 14.7 Å². The number of aliphatic carboxylic acids is 1. The van der Waals surface area contributed by atoms with Crippen LogP contribution in [0, 0.1) is 6.92 Å². The molecule has 0 heterocycles. The third-order valence-corrected chi connectivity index (χ3v) is 4.83. The van der Waals surface area contributed by atoms with Crippen LogP contribution in [0.3, 0.4) is 0 Å². The van der Waals surface area contributed by atoms with Gasteiger partial charge in [-0.3, -0.25) is 4.79 Å². The van der Waals surface area contributed by atoms with Crippen molar-refractivity contribution in [1.29, 1.82) is 0 Å². The molecule has 0 bridgehead atoms. The van der Waals surface area contributed by atoms with Gasteiger partial charge < -0.3 is 10.4 Å². The summed E-state index contributed by atoms with van der Waals surface area (Å²) in [6.07, 6.45) is 2.80. The Kier molecular flexibility index (Phi) is 5.28. The average molecular weight is 307 g/mol. The number of carbonyl (C=O) groups is 2. The molecule has 0 unspecified atom stereocenters. The smallest absolute Gasteiger partial charge is 0.329 e. The summed E-state index contributed by atoms with van der Waals surface area (Å²) in [5.74, 6) is -0.0352. The van der Waals surface area contributed by atoms with Gasteiger partial charge >= 0.3 is 5.97 Å². The van der Waals surface area contributed by atoms with Gasteiger partial charge in [0.25, 0.3) is 0 Å². The Morgan fingerprint density at radius 1 is 1.33 bits per heavy atom. The number of hydrogen-bond acceptors (Lipinski definition) is 3. The molecule has 4 nitrogen and oxygen atoms in total. The first-order valence-corrected chi connectivity index (χ1v) is 8.35. The highest BCUT2D eigenvalue weighted by molar-refractivity contribution is 7.99. The molecule has 1 amide bonds. The molecule has 1 aromatic carbocycles. The zero-order valence-corrected chi connectivity index (χ0v) is 13.0. The van der Waals surface area contributed by atoms with Gasteiger partial charge in [0.05, 0.1) is 5.75 Å². The largest absolute Gasteiger partial charge is 0.480 e. The molecule has 2 rings (SSSR count). The van der Waals surface area contributed by atoms with Crippen LogP contribution >= 0.6 is 11.8 Å². The van der Waals surface area contributed by atoms with Gasteiger partial charge in [0.2, 0.25) is 5.91 Å². The second-order valence-electron chi connectivity index (χ2n) is 5.62. The summed E-state index contributed by atoms with van der Waals surface area (Å²) in [6, 6.07) is 8.18. The lowest BCUT2D eigenvalue weighted by Crippen LogP contribution is -2.53. The minimum Gasteiger partial charge on any atom is -0.480 e. The Morgan fingerprint density at radius 2 is 2.05 bits per heavy atom. The Labute approximate surface area is 129 Å². The maximum Gasteiger partial charge on any atom is 0.329 e. The molecule has 0 aromatic heterocycles. The van der Waals surface area contributed by atoms with E-state index in [1.165, 1.54) is 22.9 Å². The molecular weight excluding hydrogens is 286 g/mol. The zero-order chi connectivity index (χ0) is 15.3. The van der Waals surface area contributed by atoms with E-state index < -0.39 is 11.5 Å². The molecule has 0 saturated heterocycles. The molecule has 1 aliphatic carbocycles. The number of benzene rings is 1. The van der Waals surface area contributed by atoms with Gasteiger partial charge in [0.15, 0.2) is 0 Å². The highest BCUT2D eigenvalue weighted by atomic mass is 32.2. The summed E-state index contributed by atoms with van der Waals surface area (Å²) in [5.41, 5.74) is 1.36. The van der Waals surface area contributed by atoms with E-state index in [2.05, 4.69) is 11.4 Å². The maximum atomic E-state index is 12.0. The number of carboxylic acids is 1. The standard InChI is InChI=1S/C16H21NO3S/c1-12-5-4-6-13(9-12)10-21-11-14(18)17-16(15(19)20)7-2-3-8-16/h4-6,9H,2-3,7-8,10-11H2,1H3,(H,17,18)(H,19,20). The molecule has 1 aliphatic rings. The van der Waals surface area contributed by atoms with Crippen LogP contribution in [0.2, 0.25) is 0 Å². The van der Waals surface area contributed by atoms with E-state index >= 15 is 0 Å². The summed E-state index contributed by atoms with van der Waals surface area (Å²) in [7, 11) is 0. The van der Waals surface area contributed by atoms with Gasteiger partial charge in [0, 0.05) is 5.75 Å². The Balaban J connectivity index is 1.81. The van der Waals surface area contributed by atoms with Crippen molar-refractivity contribution in [3.8, 4) is 0 Å². The van der Waals surface area contributed by atoms with Crippen LogP contribution in [0.4, 0.5) is 0 Å². The number of hydrogen-bond donors (Lipinski definition) is 2. The third-order valence-electron chi connectivity index (χ3n) is 3.83. The van der Waals surface area contributed by atoms with Crippen LogP contribution < -0.4 is 5.32 Å². The third kappa shape index (κ3) is 4.24. The minimum absolute atomic E-state index is 0.183. The van der Waals surface area contributed by atoms with Gasteiger partial charge in [-0.1, -0.05) is 42.7 Å². The molecular formula is C16H21NO3S. The molecule has 0 atom stereocenters. The molecule has 5 heteroatoms. The zero-order valence-electron chi connectivity index (χ0n) is 12.2. The van der Waals surface area contributed by atoms with Crippen LogP contribution in [-0.4, -0.2) is 28.3 Å². The average Bonchev–Trinajstić information content (AvgIpc) is 2.88. The first kappa shape index (κ1) is 15.9. The summed E-state index contributed by atoms with van der Waals surface area (Å²) in [5, 5.41) is 12.1. The normalized spacial score (nSPS) is 16.6. The van der Waals surface area contributed by atoms with Gasteiger partial charge in [-0.2, -0.15) is 0 Å². The van der Waals surface area contributed by atoms with E-state index in [1.54, 1.807) is 0 Å². The molecule has 1 fully saturated rings. The SMILES string of the molecule is Cc1cccc(CSCC(=O)NC2(C(=O)O)CCCC2)c1. The number of aryl methyl sites for hydroxylation is 1. The highest BCUT2D eigenvalue weighted by Gasteiger charge is 2.42. The van der Waals surface area contributed by atoms with Gasteiger partial charge in [-0.25, -0.2) is 4.79 Å². The van der Waals surface area contributed by atoms with Crippen molar-refractivity contribution in [1.82, 2.24) is 5.32 Å². The Morgan fingerprint density at radius 3 is 2.67 bits per heavy atom. The molecule has 0 radical (unpaired) electrons. The number of rotatable bonds is 6. The van der Waals surface area contributed by atoms with E-state index in [-0.39, 0.29) is 5.91 Å². The molecule has 21 heavy (non-hydrogen) atoms. The van der Waals surface area contributed by atoms with E-state index in [0.29, 0.717) is 18.6 Å². The van der Waals surface area contributed by atoms with E-state index in [1.807, 2.05) is 25.1 Å². The van der Waals surface area contributed by atoms with Crippen LogP contribution in [-0.2, 0) is 15.3 Å². The lowest BCUT2D eigenvalue weighted by Gasteiger charge is -2.25. The lowest BCUT2D eigenvalue weighted by atomic mass is 9.98. The van der Waals surface area contributed by atoms with Crippen molar-refractivity contribution >= 4 is 23.6 Å². The highest BCUT2D eigenvalue weighted by Crippen LogP contribution is 2.30. The number of nitrogens with one attached hydrogen (secondary N) is 1. The van der Waals surface area contributed by atoms with Crippen molar-refractivity contribution < 1.29 is 14.7 Å². The first-order chi connectivity index (χ1) is 10.0. The van der Waals surface area contributed by atoms with Crippen molar-refractivity contribution in [3.05, 3.63) is 35.4 Å². The number of carboxylic acid groups (broad SMARTS) is 1. The molecule has 2 N–H and O–H groups in total. The summed E-state index contributed by atoms with van der Waals surface area (Å²) >= 11 is 1.51. The fraction of sp³-hybridized carbons (Fsp3) is 0.500. The lowest BCUT2D eigenvalue weighted by molar-refractivity contribution is -0.147. The van der Waals surface area contributed by atoms with Crippen molar-refractivity contribution in [2.75, 3.05) is 5.75 Å². The first-order valence-electron chi connectivity index (χ1n) is 7.19. The summed E-state index contributed by atoms with van der Waals surface area (Å²) in [4.78, 5) is 23.3. The van der Waals surface area contributed by atoms with Crippen LogP contribution in [0.5, 0.6) is 0 Å². The second-order valence-corrected chi connectivity index (χ2v) is 6.61. The topological polar surface area (TPSA) is 66.4 Å². The van der Waals surface area contributed by atoms with Gasteiger partial charge in [-0.05, 0) is 25.3 Å². The number of amides is 1. The Bertz CT molecular complexity index is 524. The van der Waals surface area contributed by atoms with Crippen LogP contribution in [0.25, 0.3) is 0 Å². The van der Waals surface area contributed by atoms with Crippen LogP contribution in [0.15, 0.2) is 24.3 Å². The molecule has 114 valence electrons. The fourth-order valence-electron chi connectivity index (χ4n) is 2.74. The van der Waals surface area contributed by atoms with Crippen LogP contribution in [0.1, 0.15) is 36.8 Å². The summed E-state index contributed by atoms with van der Waals surface area (Å²) in [6.45, 7) is 2.04. The molecule has 0 aliphatic heterocycles. The van der Waals surface area contributed by atoms with E-state index in [4.69, 9.17) is 0 Å². The number of carbonyl (C=O) groups excluding carboxylic acids is 1. The van der Waals surface area contributed by atoms with E-state index in [0.717, 1.165) is 18.6 Å². The van der Waals surface area contributed by atoms with Gasteiger partial charge in [-0.15, -0.1) is 11.8 Å². The predicted octanol–water partition coefficient (Wildman–Crippen LogP) is 2.74. The van der Waals surface area contributed by atoms with Gasteiger partial charge in [0.1, 0.15) is 5.54 Å². The Hall–Kier alpha value is -1.49. The quantitative estimate of drug-likeness (QED) is 0.848. The minimum atomic E-state index is -1.03. The second kappa shape index (κ2) is 6.98. The number of thioether (sulfide) groups is 1. The fourth-order valence-corrected chi connectivity index (χ4v) is 3.51. The van der Waals surface area contributed by atoms with Crippen molar-refractivity contribution in [3.63, 3.8) is 0 Å². The molecule has 0 spiro atoms. The predicted molar refractivity (Wildman–Crippen MR) is 84.3 cm³/mol. The summed E-state index contributed by atoms with van der Waals surface area (Å²) < 4.78 is 0.